The first-order valence-corrected chi connectivity index (χ1v) is 10.4. The third-order valence-corrected chi connectivity index (χ3v) is 6.00. The highest BCUT2D eigenvalue weighted by Crippen LogP contribution is 2.34. The molecule has 0 spiro atoms. The van der Waals surface area contributed by atoms with E-state index in [0.29, 0.717) is 23.8 Å². The maximum atomic E-state index is 12.6. The molecule has 2 N–H and O–H groups in total. The summed E-state index contributed by atoms with van der Waals surface area (Å²) < 4.78 is 0. The SMILES string of the molecule is O=C(Nc1cccc(Cl)c1)N1CC=C(c2ncnc3[nH]c4c(c23)CCCC4)CC1. The lowest BCUT2D eigenvalue weighted by molar-refractivity contribution is 0.217. The van der Waals surface area contributed by atoms with Gasteiger partial charge in [-0.1, -0.05) is 23.7 Å². The van der Waals surface area contributed by atoms with Crippen molar-refractivity contribution in [3.63, 3.8) is 0 Å². The van der Waals surface area contributed by atoms with Crippen LogP contribution in [-0.2, 0) is 12.8 Å². The van der Waals surface area contributed by atoms with Crippen LogP contribution in [-0.4, -0.2) is 39.0 Å². The number of carbonyl (C=O) groups excluding carboxylic acids is 1. The van der Waals surface area contributed by atoms with Crippen molar-refractivity contribution in [2.75, 3.05) is 18.4 Å². The van der Waals surface area contributed by atoms with Gasteiger partial charge in [0.2, 0.25) is 0 Å². The second-order valence-electron chi connectivity index (χ2n) is 7.60. The molecule has 6 nitrogen and oxygen atoms in total. The number of urea groups is 1. The fraction of sp³-hybridized carbons (Fsp3) is 0.318. The molecule has 7 heteroatoms. The van der Waals surface area contributed by atoms with Crippen molar-refractivity contribution < 1.29 is 4.79 Å². The normalized spacial score (nSPS) is 16.4. The summed E-state index contributed by atoms with van der Waals surface area (Å²) in [5, 5.41) is 4.69. The molecule has 2 amide bonds. The van der Waals surface area contributed by atoms with Gasteiger partial charge in [-0.15, -0.1) is 0 Å². The molecule has 0 fully saturated rings. The van der Waals surface area contributed by atoms with Crippen molar-refractivity contribution in [3.05, 3.63) is 58.6 Å². The molecule has 0 atom stereocenters. The number of aromatic nitrogens is 3. The summed E-state index contributed by atoms with van der Waals surface area (Å²) in [4.78, 5) is 27.0. The Labute approximate surface area is 174 Å². The molecule has 3 aromatic rings. The number of halogens is 1. The number of rotatable bonds is 2. The Morgan fingerprint density at radius 1 is 1.17 bits per heavy atom. The summed E-state index contributed by atoms with van der Waals surface area (Å²) >= 11 is 6.00. The number of H-pyrrole nitrogens is 1. The number of nitrogens with one attached hydrogen (secondary N) is 2. The van der Waals surface area contributed by atoms with Crippen LogP contribution in [0.1, 0.15) is 36.2 Å². The number of hydrogen-bond acceptors (Lipinski definition) is 3. The number of carbonyl (C=O) groups is 1. The van der Waals surface area contributed by atoms with Gasteiger partial charge in [0, 0.05) is 34.9 Å². The number of aromatic amines is 1. The monoisotopic (exact) mass is 407 g/mol. The molecule has 0 bridgehead atoms. The number of hydrogen-bond donors (Lipinski definition) is 2. The zero-order valence-electron chi connectivity index (χ0n) is 16.0. The predicted octanol–water partition coefficient (Wildman–Crippen LogP) is 4.81. The second-order valence-corrected chi connectivity index (χ2v) is 8.04. The van der Waals surface area contributed by atoms with E-state index in [9.17, 15) is 4.79 Å². The van der Waals surface area contributed by atoms with Crippen LogP contribution in [0, 0.1) is 0 Å². The zero-order valence-corrected chi connectivity index (χ0v) is 16.8. The largest absolute Gasteiger partial charge is 0.343 e. The summed E-state index contributed by atoms with van der Waals surface area (Å²) in [5.74, 6) is 0. The minimum atomic E-state index is -0.116. The van der Waals surface area contributed by atoms with Crippen LogP contribution in [0.3, 0.4) is 0 Å². The van der Waals surface area contributed by atoms with Crippen molar-refractivity contribution in [2.45, 2.75) is 32.1 Å². The van der Waals surface area contributed by atoms with E-state index in [-0.39, 0.29) is 6.03 Å². The fourth-order valence-corrected chi connectivity index (χ4v) is 4.50. The van der Waals surface area contributed by atoms with E-state index in [2.05, 4.69) is 26.3 Å². The van der Waals surface area contributed by atoms with Crippen molar-refractivity contribution >= 4 is 39.9 Å². The lowest BCUT2D eigenvalue weighted by atomic mass is 9.93. The molecule has 2 aliphatic rings. The maximum Gasteiger partial charge on any atom is 0.322 e. The molecule has 0 saturated carbocycles. The molecule has 5 rings (SSSR count). The van der Waals surface area contributed by atoms with Gasteiger partial charge >= 0.3 is 6.03 Å². The van der Waals surface area contributed by atoms with Gasteiger partial charge in [0.25, 0.3) is 0 Å². The van der Waals surface area contributed by atoms with Crippen molar-refractivity contribution in [1.82, 2.24) is 19.9 Å². The molecule has 29 heavy (non-hydrogen) atoms. The molecule has 0 saturated heterocycles. The van der Waals surface area contributed by atoms with Crippen LogP contribution in [0.4, 0.5) is 10.5 Å². The fourth-order valence-electron chi connectivity index (χ4n) is 4.31. The minimum Gasteiger partial charge on any atom is -0.343 e. The zero-order chi connectivity index (χ0) is 19.8. The molecular weight excluding hydrogens is 386 g/mol. The molecule has 2 aromatic heterocycles. The van der Waals surface area contributed by atoms with Crippen molar-refractivity contribution in [3.8, 4) is 0 Å². The number of nitrogens with zero attached hydrogens (tertiary/aromatic N) is 3. The highest BCUT2D eigenvalue weighted by molar-refractivity contribution is 6.30. The maximum absolute atomic E-state index is 12.6. The van der Waals surface area contributed by atoms with Crippen molar-refractivity contribution in [1.29, 1.82) is 0 Å². The van der Waals surface area contributed by atoms with E-state index < -0.39 is 0 Å². The van der Waals surface area contributed by atoms with E-state index in [4.69, 9.17) is 11.6 Å². The Hall–Kier alpha value is -2.86. The van der Waals surface area contributed by atoms with Gasteiger partial charge < -0.3 is 15.2 Å². The molecule has 0 radical (unpaired) electrons. The van der Waals surface area contributed by atoms with Gasteiger partial charge in [0.05, 0.1) is 5.69 Å². The molecule has 148 valence electrons. The first-order valence-electron chi connectivity index (χ1n) is 10.0. The number of anilines is 1. The highest BCUT2D eigenvalue weighted by Gasteiger charge is 2.23. The van der Waals surface area contributed by atoms with Gasteiger partial charge in [-0.25, -0.2) is 14.8 Å². The summed E-state index contributed by atoms with van der Waals surface area (Å²) in [6.45, 7) is 1.20. The summed E-state index contributed by atoms with van der Waals surface area (Å²) in [6.07, 6.45) is 9.13. The van der Waals surface area contributed by atoms with Gasteiger partial charge in [-0.3, -0.25) is 0 Å². The number of fused-ring (bicyclic) bond motifs is 3. The second kappa shape index (κ2) is 7.52. The molecule has 3 heterocycles. The Bertz CT molecular complexity index is 1120. The number of amides is 2. The van der Waals surface area contributed by atoms with Crippen LogP contribution in [0.2, 0.25) is 5.02 Å². The Morgan fingerprint density at radius 3 is 2.90 bits per heavy atom. The highest BCUT2D eigenvalue weighted by atomic mass is 35.5. The molecule has 1 aliphatic carbocycles. The summed E-state index contributed by atoms with van der Waals surface area (Å²) in [5.41, 5.74) is 6.54. The van der Waals surface area contributed by atoms with E-state index in [1.165, 1.54) is 35.1 Å². The van der Waals surface area contributed by atoms with Crippen LogP contribution in [0.25, 0.3) is 16.6 Å². The smallest absolute Gasteiger partial charge is 0.322 e. The predicted molar refractivity (Wildman–Crippen MR) is 115 cm³/mol. The van der Waals surface area contributed by atoms with E-state index in [1.807, 2.05) is 12.1 Å². The van der Waals surface area contributed by atoms with Crippen LogP contribution >= 0.6 is 11.6 Å². The summed E-state index contributed by atoms with van der Waals surface area (Å²) in [6, 6.07) is 7.08. The quantitative estimate of drug-likeness (QED) is 0.640. The number of benzene rings is 1. The van der Waals surface area contributed by atoms with Crippen molar-refractivity contribution in [2.24, 2.45) is 0 Å². The average molecular weight is 408 g/mol. The third kappa shape index (κ3) is 3.49. The average Bonchev–Trinajstić information content (AvgIpc) is 3.13. The van der Waals surface area contributed by atoms with Crippen LogP contribution in [0.5, 0.6) is 0 Å². The topological polar surface area (TPSA) is 73.9 Å². The van der Waals surface area contributed by atoms with Gasteiger partial charge in [0.15, 0.2) is 0 Å². The lowest BCUT2D eigenvalue weighted by Crippen LogP contribution is -2.37. The standard InChI is InChI=1S/C22H22ClN5O/c23-15-4-3-5-16(12-15)26-22(29)28-10-8-14(9-11-28)20-19-17-6-1-2-7-18(17)27-21(19)25-13-24-20/h3-5,8,12-13H,1-2,6-7,9-11H2,(H,26,29)(H,24,25,27). The third-order valence-electron chi connectivity index (χ3n) is 5.76. The Morgan fingerprint density at radius 2 is 2.07 bits per heavy atom. The van der Waals surface area contributed by atoms with Gasteiger partial charge in [-0.2, -0.15) is 0 Å². The van der Waals surface area contributed by atoms with Crippen LogP contribution in [0.15, 0.2) is 36.7 Å². The Balaban J connectivity index is 1.37. The first-order chi connectivity index (χ1) is 14.2. The van der Waals surface area contributed by atoms with E-state index in [1.54, 1.807) is 23.4 Å². The molecular formula is C22H22ClN5O. The number of aryl methyl sites for hydroxylation is 2. The Kier molecular flexibility index (Phi) is 4.72. The molecule has 1 aromatic carbocycles. The summed E-state index contributed by atoms with van der Waals surface area (Å²) in [7, 11) is 0. The van der Waals surface area contributed by atoms with E-state index in [0.717, 1.165) is 30.6 Å². The van der Waals surface area contributed by atoms with E-state index >= 15 is 0 Å². The first kappa shape index (κ1) is 18.2. The molecule has 1 aliphatic heterocycles. The lowest BCUT2D eigenvalue weighted by Gasteiger charge is -2.27. The molecule has 0 unspecified atom stereocenters. The minimum absolute atomic E-state index is 0.116. The van der Waals surface area contributed by atoms with Crippen LogP contribution < -0.4 is 5.32 Å². The van der Waals surface area contributed by atoms with Gasteiger partial charge in [0.1, 0.15) is 12.0 Å². The van der Waals surface area contributed by atoms with Gasteiger partial charge in [-0.05, 0) is 61.4 Å².